The Balaban J connectivity index is 2.21. The topological polar surface area (TPSA) is 41.9 Å². The van der Waals surface area contributed by atoms with E-state index < -0.39 is 0 Å². The van der Waals surface area contributed by atoms with Gasteiger partial charge in [-0.2, -0.15) is 0 Å². The fourth-order valence-corrected chi connectivity index (χ4v) is 2.77. The molecule has 0 amide bonds. The van der Waals surface area contributed by atoms with E-state index in [1.54, 1.807) is 14.2 Å². The predicted molar refractivity (Wildman–Crippen MR) is 96.4 cm³/mol. The molecule has 0 aromatic heterocycles. The number of methoxy groups -OCH3 is 2. The summed E-state index contributed by atoms with van der Waals surface area (Å²) in [6, 6.07) is 16.2. The van der Waals surface area contributed by atoms with Crippen LogP contribution in [0.4, 0.5) is 0 Å². The summed E-state index contributed by atoms with van der Waals surface area (Å²) in [4.78, 5) is 2.24. The molecular formula is C20H27NO3. The van der Waals surface area contributed by atoms with E-state index >= 15 is 0 Å². The Morgan fingerprint density at radius 3 is 2.33 bits per heavy atom. The zero-order valence-corrected chi connectivity index (χ0v) is 14.7. The van der Waals surface area contributed by atoms with Crippen LogP contribution >= 0.6 is 0 Å². The Kier molecular flexibility index (Phi) is 7.09. The number of nitrogens with zero attached hydrogens (tertiary/aromatic N) is 1. The third-order valence-electron chi connectivity index (χ3n) is 4.07. The highest BCUT2D eigenvalue weighted by atomic mass is 16.5. The summed E-state index contributed by atoms with van der Waals surface area (Å²) in [6.45, 7) is 4.08. The summed E-state index contributed by atoms with van der Waals surface area (Å²) in [6.07, 6.45) is 0.394. The van der Waals surface area contributed by atoms with Crippen molar-refractivity contribution in [3.05, 3.63) is 59.7 Å². The number of benzene rings is 2. The van der Waals surface area contributed by atoms with Gasteiger partial charge in [-0.15, -0.1) is 0 Å². The number of aliphatic hydroxyl groups is 1. The lowest BCUT2D eigenvalue weighted by molar-refractivity contribution is 0.101. The Bertz CT molecular complexity index is 616. The van der Waals surface area contributed by atoms with Crippen LogP contribution in [0, 0.1) is 0 Å². The van der Waals surface area contributed by atoms with Gasteiger partial charge >= 0.3 is 0 Å². The molecule has 0 aliphatic rings. The third-order valence-corrected chi connectivity index (χ3v) is 4.07. The molecule has 0 saturated heterocycles. The molecule has 0 saturated carbocycles. The van der Waals surface area contributed by atoms with E-state index in [0.717, 1.165) is 30.0 Å². The maximum Gasteiger partial charge on any atom is 0.165 e. The molecule has 0 unspecified atom stereocenters. The SMILES string of the molecule is CC[C@H](O)CN(Cc1ccccc1)Cc1cccc(OC)c1OC. The van der Waals surface area contributed by atoms with E-state index in [-0.39, 0.29) is 6.10 Å². The minimum Gasteiger partial charge on any atom is -0.493 e. The number of hydrogen-bond acceptors (Lipinski definition) is 4. The van der Waals surface area contributed by atoms with E-state index in [1.807, 2.05) is 43.3 Å². The van der Waals surface area contributed by atoms with Gasteiger partial charge in [0.05, 0.1) is 20.3 Å². The molecule has 4 heteroatoms. The molecule has 0 radical (unpaired) electrons. The second kappa shape index (κ2) is 9.30. The fourth-order valence-electron chi connectivity index (χ4n) is 2.77. The number of aliphatic hydroxyl groups excluding tert-OH is 1. The highest BCUT2D eigenvalue weighted by Crippen LogP contribution is 2.31. The van der Waals surface area contributed by atoms with Gasteiger partial charge in [0.15, 0.2) is 11.5 Å². The summed E-state index contributed by atoms with van der Waals surface area (Å²) < 4.78 is 10.9. The zero-order chi connectivity index (χ0) is 17.4. The number of hydrogen-bond donors (Lipinski definition) is 1. The van der Waals surface area contributed by atoms with Gasteiger partial charge in [-0.25, -0.2) is 0 Å². The molecule has 0 heterocycles. The van der Waals surface area contributed by atoms with Crippen molar-refractivity contribution >= 4 is 0 Å². The van der Waals surface area contributed by atoms with Crippen LogP contribution in [0.15, 0.2) is 48.5 Å². The monoisotopic (exact) mass is 329 g/mol. The first-order chi connectivity index (χ1) is 11.7. The van der Waals surface area contributed by atoms with Crippen LogP contribution in [-0.2, 0) is 13.1 Å². The normalized spacial score (nSPS) is 12.2. The van der Waals surface area contributed by atoms with Crippen LogP contribution in [0.5, 0.6) is 11.5 Å². The first kappa shape index (κ1) is 18.3. The van der Waals surface area contributed by atoms with Crippen molar-refractivity contribution in [3.63, 3.8) is 0 Å². The predicted octanol–water partition coefficient (Wildman–Crippen LogP) is 3.48. The van der Waals surface area contributed by atoms with Gasteiger partial charge in [0.2, 0.25) is 0 Å². The van der Waals surface area contributed by atoms with E-state index in [9.17, 15) is 5.11 Å². The molecular weight excluding hydrogens is 302 g/mol. The number of ether oxygens (including phenoxy) is 2. The Morgan fingerprint density at radius 1 is 0.958 bits per heavy atom. The zero-order valence-electron chi connectivity index (χ0n) is 14.7. The first-order valence-electron chi connectivity index (χ1n) is 8.32. The average molecular weight is 329 g/mol. The fraction of sp³-hybridized carbons (Fsp3) is 0.400. The number of rotatable bonds is 9. The van der Waals surface area contributed by atoms with Gasteiger partial charge in [-0.3, -0.25) is 4.90 Å². The number of para-hydroxylation sites is 1. The lowest BCUT2D eigenvalue weighted by atomic mass is 10.1. The molecule has 0 bridgehead atoms. The Labute approximate surface area is 144 Å². The first-order valence-corrected chi connectivity index (χ1v) is 8.32. The summed E-state index contributed by atoms with van der Waals surface area (Å²) >= 11 is 0. The standard InChI is InChI=1S/C20H27NO3/c1-4-18(22)15-21(13-16-9-6-5-7-10-16)14-17-11-8-12-19(23-2)20(17)24-3/h5-12,18,22H,4,13-15H2,1-3H3/t18-/m0/s1. The van der Waals surface area contributed by atoms with E-state index in [4.69, 9.17) is 9.47 Å². The third kappa shape index (κ3) is 4.98. The summed E-state index contributed by atoms with van der Waals surface area (Å²) in [5.41, 5.74) is 2.28. The lowest BCUT2D eigenvalue weighted by Crippen LogP contribution is -2.31. The average Bonchev–Trinajstić information content (AvgIpc) is 2.62. The molecule has 4 nitrogen and oxygen atoms in total. The molecule has 130 valence electrons. The van der Waals surface area contributed by atoms with Crippen LogP contribution in [0.2, 0.25) is 0 Å². The molecule has 0 fully saturated rings. The van der Waals surface area contributed by atoms with E-state index in [0.29, 0.717) is 13.1 Å². The van der Waals surface area contributed by atoms with Gasteiger partial charge < -0.3 is 14.6 Å². The van der Waals surface area contributed by atoms with Gasteiger partial charge in [-0.1, -0.05) is 49.4 Å². The molecule has 0 aliphatic carbocycles. The Hall–Kier alpha value is -2.04. The van der Waals surface area contributed by atoms with Crippen molar-refractivity contribution in [2.75, 3.05) is 20.8 Å². The molecule has 2 aromatic carbocycles. The maximum atomic E-state index is 10.1. The Morgan fingerprint density at radius 2 is 1.71 bits per heavy atom. The molecule has 2 aromatic rings. The van der Waals surface area contributed by atoms with Crippen molar-refractivity contribution in [2.24, 2.45) is 0 Å². The van der Waals surface area contributed by atoms with E-state index in [2.05, 4.69) is 17.0 Å². The smallest absolute Gasteiger partial charge is 0.165 e. The molecule has 24 heavy (non-hydrogen) atoms. The summed E-state index contributed by atoms with van der Waals surface area (Å²) in [5.74, 6) is 1.48. The lowest BCUT2D eigenvalue weighted by Gasteiger charge is -2.26. The molecule has 0 spiro atoms. The summed E-state index contributed by atoms with van der Waals surface area (Å²) in [7, 11) is 3.30. The van der Waals surface area contributed by atoms with Crippen molar-refractivity contribution in [1.82, 2.24) is 4.90 Å². The van der Waals surface area contributed by atoms with Crippen LogP contribution in [0.25, 0.3) is 0 Å². The maximum absolute atomic E-state index is 10.1. The molecule has 2 rings (SSSR count). The largest absolute Gasteiger partial charge is 0.493 e. The minimum atomic E-state index is -0.342. The van der Waals surface area contributed by atoms with Crippen LogP contribution in [0.1, 0.15) is 24.5 Å². The second-order valence-corrected chi connectivity index (χ2v) is 5.87. The van der Waals surface area contributed by atoms with Gasteiger partial charge in [0, 0.05) is 25.2 Å². The van der Waals surface area contributed by atoms with Crippen LogP contribution in [0.3, 0.4) is 0 Å². The van der Waals surface area contributed by atoms with Gasteiger partial charge in [0.25, 0.3) is 0 Å². The molecule has 0 aliphatic heterocycles. The summed E-state index contributed by atoms with van der Waals surface area (Å²) in [5, 5.41) is 10.1. The quantitative estimate of drug-likeness (QED) is 0.765. The highest BCUT2D eigenvalue weighted by Gasteiger charge is 2.16. The van der Waals surface area contributed by atoms with Crippen LogP contribution < -0.4 is 9.47 Å². The highest BCUT2D eigenvalue weighted by molar-refractivity contribution is 5.46. The van der Waals surface area contributed by atoms with E-state index in [1.165, 1.54) is 5.56 Å². The van der Waals surface area contributed by atoms with Crippen molar-refractivity contribution in [1.29, 1.82) is 0 Å². The van der Waals surface area contributed by atoms with Crippen molar-refractivity contribution < 1.29 is 14.6 Å². The second-order valence-electron chi connectivity index (χ2n) is 5.87. The van der Waals surface area contributed by atoms with Crippen molar-refractivity contribution in [3.8, 4) is 11.5 Å². The molecule has 1 N–H and O–H groups in total. The van der Waals surface area contributed by atoms with Crippen molar-refractivity contribution in [2.45, 2.75) is 32.5 Å². The van der Waals surface area contributed by atoms with Gasteiger partial charge in [0.1, 0.15) is 0 Å². The van der Waals surface area contributed by atoms with Crippen LogP contribution in [-0.4, -0.2) is 36.9 Å². The van der Waals surface area contributed by atoms with Gasteiger partial charge in [-0.05, 0) is 18.1 Å². The minimum absolute atomic E-state index is 0.342. The molecule has 1 atom stereocenters.